The zero-order valence-electron chi connectivity index (χ0n) is 10.9. The van der Waals surface area contributed by atoms with Crippen LogP contribution in [0.15, 0.2) is 0 Å². The van der Waals surface area contributed by atoms with E-state index < -0.39 is 26.1 Å². The zero-order valence-corrected chi connectivity index (χ0v) is 11.7. The molecule has 1 rings (SSSR count). The predicted molar refractivity (Wildman–Crippen MR) is 65.4 cm³/mol. The molecule has 1 N–H and O–H groups in total. The number of β-amino-alcohol motifs (C(OH)–C–C–N with tert-alkyl or cyclic N) is 1. The number of likely N-dealkylation sites (tertiary alicyclic amines) is 1. The summed E-state index contributed by atoms with van der Waals surface area (Å²) in [5, 5.41) is 9.95. The number of amides is 1. The molecule has 0 aliphatic carbocycles. The fraction of sp³-hybridized carbons (Fsp3) is 0.909. The lowest BCUT2D eigenvalue weighted by Crippen LogP contribution is -2.67. The van der Waals surface area contributed by atoms with Crippen molar-refractivity contribution in [2.75, 3.05) is 19.3 Å². The molecule has 0 spiro atoms. The quantitative estimate of drug-likeness (QED) is 0.785. The van der Waals surface area contributed by atoms with E-state index in [4.69, 9.17) is 0 Å². The predicted octanol–water partition coefficient (Wildman–Crippen LogP) is 0.183. The first-order valence-electron chi connectivity index (χ1n) is 5.75. The fourth-order valence-electron chi connectivity index (χ4n) is 1.97. The molecule has 1 saturated heterocycles. The van der Waals surface area contributed by atoms with E-state index in [0.29, 0.717) is 6.42 Å². The van der Waals surface area contributed by atoms with Crippen LogP contribution in [0, 0.1) is 0 Å². The van der Waals surface area contributed by atoms with Gasteiger partial charge < -0.3 is 10.0 Å². The van der Waals surface area contributed by atoms with Gasteiger partial charge in [0.2, 0.25) is 5.91 Å². The maximum absolute atomic E-state index is 12.0. The van der Waals surface area contributed by atoms with E-state index in [-0.39, 0.29) is 13.1 Å². The van der Waals surface area contributed by atoms with Gasteiger partial charge in [-0.2, -0.15) is 0 Å². The van der Waals surface area contributed by atoms with Crippen molar-refractivity contribution in [2.45, 2.75) is 44.0 Å². The maximum atomic E-state index is 12.0. The molecule has 0 aromatic carbocycles. The second-order valence-corrected chi connectivity index (χ2v) is 7.98. The zero-order chi connectivity index (χ0) is 13.5. The van der Waals surface area contributed by atoms with E-state index in [9.17, 15) is 18.3 Å². The first-order valence-corrected chi connectivity index (χ1v) is 7.64. The van der Waals surface area contributed by atoms with Gasteiger partial charge in [-0.15, -0.1) is 0 Å². The second kappa shape index (κ2) is 4.24. The minimum atomic E-state index is -3.45. The molecule has 1 aliphatic heterocycles. The van der Waals surface area contributed by atoms with Gasteiger partial charge in [0.25, 0.3) is 0 Å². The monoisotopic (exact) mass is 263 g/mol. The number of nitrogens with zero attached hydrogens (tertiary/aromatic N) is 1. The molecule has 1 aliphatic rings. The molecule has 0 atom stereocenters. The Hall–Kier alpha value is -0.620. The summed E-state index contributed by atoms with van der Waals surface area (Å²) in [5.74, 6) is -0.430. The lowest BCUT2D eigenvalue weighted by molar-refractivity contribution is -0.158. The minimum absolute atomic E-state index is 0.235. The molecule has 0 aromatic rings. The van der Waals surface area contributed by atoms with E-state index in [1.54, 1.807) is 0 Å². The van der Waals surface area contributed by atoms with Crippen LogP contribution >= 0.6 is 0 Å². The highest BCUT2D eigenvalue weighted by Gasteiger charge is 2.49. The van der Waals surface area contributed by atoms with Crippen LogP contribution in [0.2, 0.25) is 0 Å². The number of aliphatic hydroxyl groups is 1. The van der Waals surface area contributed by atoms with Crippen LogP contribution in [0.3, 0.4) is 0 Å². The van der Waals surface area contributed by atoms with E-state index >= 15 is 0 Å². The summed E-state index contributed by atoms with van der Waals surface area (Å²) >= 11 is 0. The molecular weight excluding hydrogens is 242 g/mol. The van der Waals surface area contributed by atoms with Gasteiger partial charge in [0.1, 0.15) is 4.75 Å². The fourth-order valence-corrected chi connectivity index (χ4v) is 2.42. The molecular formula is C11H21NO4S. The summed E-state index contributed by atoms with van der Waals surface area (Å²) in [4.78, 5) is 13.4. The van der Waals surface area contributed by atoms with Gasteiger partial charge in [0.05, 0.1) is 18.7 Å². The van der Waals surface area contributed by atoms with E-state index in [2.05, 4.69) is 0 Å². The van der Waals surface area contributed by atoms with Crippen molar-refractivity contribution in [3.63, 3.8) is 0 Å². The molecule has 0 saturated carbocycles. The topological polar surface area (TPSA) is 74.7 Å². The highest BCUT2D eigenvalue weighted by atomic mass is 32.2. The SMILES string of the molecule is CCCC1(O)CN(C(=O)C(C)(C)S(C)(=O)=O)C1. The Morgan fingerprint density at radius 3 is 2.24 bits per heavy atom. The van der Waals surface area contributed by atoms with Crippen molar-refractivity contribution in [1.29, 1.82) is 0 Å². The molecule has 17 heavy (non-hydrogen) atoms. The van der Waals surface area contributed by atoms with Crippen LogP contribution in [0.4, 0.5) is 0 Å². The van der Waals surface area contributed by atoms with Crippen molar-refractivity contribution >= 4 is 15.7 Å². The smallest absolute Gasteiger partial charge is 0.243 e. The van der Waals surface area contributed by atoms with Crippen molar-refractivity contribution in [2.24, 2.45) is 0 Å². The molecule has 0 unspecified atom stereocenters. The first kappa shape index (κ1) is 14.4. The summed E-state index contributed by atoms with van der Waals surface area (Å²) < 4.78 is 21.6. The highest BCUT2D eigenvalue weighted by molar-refractivity contribution is 7.92. The Kier molecular flexibility index (Phi) is 3.60. The Morgan fingerprint density at radius 2 is 1.88 bits per heavy atom. The molecule has 1 fully saturated rings. The molecule has 100 valence electrons. The second-order valence-electron chi connectivity index (χ2n) is 5.42. The first-order chi connectivity index (χ1) is 7.53. The number of carbonyl (C=O) groups excluding carboxylic acids is 1. The van der Waals surface area contributed by atoms with Crippen molar-refractivity contribution in [1.82, 2.24) is 4.90 Å². The lowest BCUT2D eigenvalue weighted by Gasteiger charge is -2.48. The van der Waals surface area contributed by atoms with Crippen LogP contribution in [0.1, 0.15) is 33.6 Å². The molecule has 1 amide bonds. The Labute approximate surface area is 103 Å². The maximum Gasteiger partial charge on any atom is 0.243 e. The van der Waals surface area contributed by atoms with Gasteiger partial charge in [-0.1, -0.05) is 13.3 Å². The lowest BCUT2D eigenvalue weighted by atomic mass is 9.88. The number of hydrogen-bond acceptors (Lipinski definition) is 4. The van der Waals surface area contributed by atoms with Crippen LogP contribution < -0.4 is 0 Å². The summed E-state index contributed by atoms with van der Waals surface area (Å²) in [6.07, 6.45) is 2.53. The molecule has 1 heterocycles. The number of carbonyl (C=O) groups is 1. The average Bonchev–Trinajstić information content (AvgIpc) is 2.11. The third kappa shape index (κ3) is 2.63. The Bertz CT molecular complexity index is 407. The number of rotatable bonds is 4. The molecule has 5 nitrogen and oxygen atoms in total. The van der Waals surface area contributed by atoms with E-state index in [0.717, 1.165) is 12.7 Å². The summed E-state index contributed by atoms with van der Waals surface area (Å²) in [5.41, 5.74) is -0.821. The Balaban J connectivity index is 2.71. The average molecular weight is 263 g/mol. The number of sulfone groups is 1. The van der Waals surface area contributed by atoms with Gasteiger partial charge in [-0.25, -0.2) is 8.42 Å². The van der Waals surface area contributed by atoms with Gasteiger partial charge in [-0.3, -0.25) is 4.79 Å². The summed E-state index contributed by atoms with van der Waals surface area (Å²) in [6.45, 7) is 5.24. The van der Waals surface area contributed by atoms with Crippen molar-refractivity contribution in [3.8, 4) is 0 Å². The number of hydrogen-bond donors (Lipinski definition) is 1. The largest absolute Gasteiger partial charge is 0.386 e. The molecule has 6 heteroatoms. The van der Waals surface area contributed by atoms with Crippen LogP contribution in [0.25, 0.3) is 0 Å². The minimum Gasteiger partial charge on any atom is -0.386 e. The van der Waals surface area contributed by atoms with Gasteiger partial charge in [-0.05, 0) is 20.3 Å². The van der Waals surface area contributed by atoms with Crippen molar-refractivity contribution in [3.05, 3.63) is 0 Å². The van der Waals surface area contributed by atoms with E-state index in [1.165, 1.54) is 18.7 Å². The third-order valence-corrected chi connectivity index (χ3v) is 5.44. The summed E-state index contributed by atoms with van der Waals surface area (Å²) in [7, 11) is -3.45. The Morgan fingerprint density at radius 1 is 1.41 bits per heavy atom. The van der Waals surface area contributed by atoms with Crippen LogP contribution in [0.5, 0.6) is 0 Å². The highest BCUT2D eigenvalue weighted by Crippen LogP contribution is 2.29. The molecule has 0 aromatic heterocycles. The van der Waals surface area contributed by atoms with Gasteiger partial charge >= 0.3 is 0 Å². The standard InChI is InChI=1S/C11H21NO4S/c1-5-6-11(14)7-12(8-11)9(13)10(2,3)17(4,15)16/h14H,5-8H2,1-4H3. The summed E-state index contributed by atoms with van der Waals surface area (Å²) in [6, 6.07) is 0. The van der Waals surface area contributed by atoms with Gasteiger partial charge in [0.15, 0.2) is 9.84 Å². The normalized spacial score (nSPS) is 19.9. The van der Waals surface area contributed by atoms with Crippen LogP contribution in [-0.2, 0) is 14.6 Å². The molecule has 0 bridgehead atoms. The van der Waals surface area contributed by atoms with Crippen LogP contribution in [-0.4, -0.2) is 54.0 Å². The third-order valence-electron chi connectivity index (χ3n) is 3.41. The van der Waals surface area contributed by atoms with Gasteiger partial charge in [0, 0.05) is 6.26 Å². The van der Waals surface area contributed by atoms with Crippen molar-refractivity contribution < 1.29 is 18.3 Å². The van der Waals surface area contributed by atoms with E-state index in [1.807, 2.05) is 6.92 Å². The molecule has 0 radical (unpaired) electrons.